The van der Waals surface area contributed by atoms with Gasteiger partial charge < -0.3 is 10.2 Å². The van der Waals surface area contributed by atoms with Crippen molar-refractivity contribution in [3.8, 4) is 0 Å². The van der Waals surface area contributed by atoms with Crippen molar-refractivity contribution in [1.29, 1.82) is 0 Å². The molecule has 0 saturated carbocycles. The Hall–Kier alpha value is -3.72. The van der Waals surface area contributed by atoms with E-state index in [1.165, 1.54) is 17.0 Å². The lowest BCUT2D eigenvalue weighted by Gasteiger charge is -2.33. The van der Waals surface area contributed by atoms with Gasteiger partial charge in [-0.15, -0.1) is 0 Å². The smallest absolute Gasteiger partial charge is 0.244 e. The van der Waals surface area contributed by atoms with Crippen LogP contribution in [-0.2, 0) is 32.6 Å². The zero-order valence-electron chi connectivity index (χ0n) is 22.9. The largest absolute Gasteiger partial charge is 0.354 e. The van der Waals surface area contributed by atoms with Crippen molar-refractivity contribution in [2.24, 2.45) is 0 Å². The molecule has 0 aliphatic carbocycles. The Morgan fingerprint density at radius 3 is 2.18 bits per heavy atom. The molecule has 0 heterocycles. The van der Waals surface area contributed by atoms with Crippen molar-refractivity contribution in [3.05, 3.63) is 101 Å². The zero-order chi connectivity index (χ0) is 28.6. The Labute approximate surface area is 230 Å². The van der Waals surface area contributed by atoms with E-state index in [0.29, 0.717) is 24.2 Å². The van der Waals surface area contributed by atoms with E-state index in [-0.39, 0.29) is 18.9 Å². The lowest BCUT2D eigenvalue weighted by molar-refractivity contribution is -0.140. The highest BCUT2D eigenvalue weighted by atomic mass is 32.2. The summed E-state index contributed by atoms with van der Waals surface area (Å²) in [5.41, 5.74) is 3.71. The minimum absolute atomic E-state index is 0.000681. The van der Waals surface area contributed by atoms with Crippen LogP contribution in [-0.4, -0.2) is 50.5 Å². The van der Waals surface area contributed by atoms with Gasteiger partial charge in [0.2, 0.25) is 21.8 Å². The predicted molar refractivity (Wildman–Crippen MR) is 152 cm³/mol. The fraction of sp³-hybridized carbons (Fsp3) is 0.333. The van der Waals surface area contributed by atoms with Gasteiger partial charge in [0.15, 0.2) is 0 Å². The number of carbonyl (C=O) groups excluding carboxylic acids is 2. The van der Waals surface area contributed by atoms with E-state index in [4.69, 9.17) is 0 Å². The molecule has 7 nitrogen and oxygen atoms in total. The van der Waals surface area contributed by atoms with Crippen LogP contribution in [0.4, 0.5) is 10.1 Å². The first kappa shape index (κ1) is 29.8. The summed E-state index contributed by atoms with van der Waals surface area (Å²) < 4.78 is 40.4. The summed E-state index contributed by atoms with van der Waals surface area (Å²) in [6.45, 7) is 5.66. The molecule has 0 radical (unpaired) electrons. The van der Waals surface area contributed by atoms with E-state index >= 15 is 0 Å². The Morgan fingerprint density at radius 2 is 1.59 bits per heavy atom. The summed E-state index contributed by atoms with van der Waals surface area (Å²) in [6.07, 6.45) is 1.99. The minimum atomic E-state index is -3.84. The van der Waals surface area contributed by atoms with Gasteiger partial charge in [-0.25, -0.2) is 12.8 Å². The van der Waals surface area contributed by atoms with Crippen LogP contribution in [0.1, 0.15) is 35.6 Å². The number of benzene rings is 3. The molecule has 0 spiro atoms. The Kier molecular flexibility index (Phi) is 10.2. The van der Waals surface area contributed by atoms with Gasteiger partial charge in [-0.1, -0.05) is 55.5 Å². The van der Waals surface area contributed by atoms with Crippen LogP contribution in [0.15, 0.2) is 72.8 Å². The third-order valence-electron chi connectivity index (χ3n) is 6.54. The Morgan fingerprint density at radius 1 is 0.923 bits per heavy atom. The van der Waals surface area contributed by atoms with Crippen LogP contribution < -0.4 is 9.62 Å². The molecule has 208 valence electrons. The highest BCUT2D eigenvalue weighted by Crippen LogP contribution is 2.23. The fourth-order valence-corrected chi connectivity index (χ4v) is 5.04. The second-order valence-corrected chi connectivity index (χ2v) is 11.6. The van der Waals surface area contributed by atoms with Crippen LogP contribution in [0.25, 0.3) is 0 Å². The maximum absolute atomic E-state index is 14.0. The highest BCUT2D eigenvalue weighted by molar-refractivity contribution is 7.92. The molecule has 0 saturated heterocycles. The predicted octanol–water partition coefficient (Wildman–Crippen LogP) is 4.37. The monoisotopic (exact) mass is 553 g/mol. The van der Waals surface area contributed by atoms with Gasteiger partial charge in [0.1, 0.15) is 18.4 Å². The third kappa shape index (κ3) is 8.38. The molecule has 0 aliphatic rings. The van der Waals surface area contributed by atoms with Crippen LogP contribution in [0.3, 0.4) is 0 Å². The lowest BCUT2D eigenvalue weighted by Crippen LogP contribution is -2.53. The van der Waals surface area contributed by atoms with Gasteiger partial charge in [0, 0.05) is 19.5 Å². The fourth-order valence-electron chi connectivity index (χ4n) is 4.20. The number of aryl methyl sites for hydroxylation is 2. The summed E-state index contributed by atoms with van der Waals surface area (Å²) in [5.74, 6) is -1.31. The number of hydrogen-bond acceptors (Lipinski definition) is 4. The summed E-state index contributed by atoms with van der Waals surface area (Å²) in [4.78, 5) is 28.8. The van der Waals surface area contributed by atoms with Gasteiger partial charge >= 0.3 is 0 Å². The number of nitrogens with zero attached hydrogens (tertiary/aromatic N) is 2. The first-order chi connectivity index (χ1) is 18.5. The molecule has 1 N–H and O–H groups in total. The van der Waals surface area contributed by atoms with Gasteiger partial charge in [0.25, 0.3) is 0 Å². The molecule has 2 amide bonds. The average Bonchev–Trinajstić information content (AvgIpc) is 2.90. The van der Waals surface area contributed by atoms with E-state index < -0.39 is 34.3 Å². The molecule has 0 bridgehead atoms. The summed E-state index contributed by atoms with van der Waals surface area (Å²) >= 11 is 0. The quantitative estimate of drug-likeness (QED) is 0.361. The number of halogens is 1. The number of nitrogens with one attached hydrogen (secondary N) is 1. The number of rotatable bonds is 12. The highest BCUT2D eigenvalue weighted by Gasteiger charge is 2.33. The first-order valence-corrected chi connectivity index (χ1v) is 14.7. The topological polar surface area (TPSA) is 86.8 Å². The molecule has 0 aliphatic heterocycles. The lowest BCUT2D eigenvalue weighted by atomic mass is 10.0. The van der Waals surface area contributed by atoms with Crippen molar-refractivity contribution in [1.82, 2.24) is 10.2 Å². The van der Waals surface area contributed by atoms with Gasteiger partial charge in [-0.3, -0.25) is 13.9 Å². The van der Waals surface area contributed by atoms with Gasteiger partial charge in [-0.2, -0.15) is 0 Å². The van der Waals surface area contributed by atoms with E-state index in [1.807, 2.05) is 51.1 Å². The van der Waals surface area contributed by atoms with Crippen LogP contribution >= 0.6 is 0 Å². The minimum Gasteiger partial charge on any atom is -0.354 e. The molecule has 0 fully saturated rings. The van der Waals surface area contributed by atoms with Crippen LogP contribution in [0, 0.1) is 19.7 Å². The summed E-state index contributed by atoms with van der Waals surface area (Å²) in [7, 11) is -3.84. The number of amides is 2. The third-order valence-corrected chi connectivity index (χ3v) is 7.68. The zero-order valence-corrected chi connectivity index (χ0v) is 23.7. The number of carbonyl (C=O) groups is 2. The van der Waals surface area contributed by atoms with E-state index in [1.54, 1.807) is 30.3 Å². The standard InChI is InChI=1S/C30H36FN3O4S/c1-5-17-32-30(36)28(19-24-9-7-6-8-10-24)33(20-25-12-14-26(31)15-13-25)29(35)21-34(39(4,37)38)27-16-11-22(2)23(3)18-27/h6-16,18,28H,5,17,19-21H2,1-4H3,(H,32,36)/t28-/m0/s1. The molecular weight excluding hydrogens is 517 g/mol. The Balaban J connectivity index is 2.04. The van der Waals surface area contributed by atoms with E-state index in [2.05, 4.69) is 5.32 Å². The molecule has 1 atom stereocenters. The molecular formula is C30H36FN3O4S. The maximum Gasteiger partial charge on any atom is 0.244 e. The number of anilines is 1. The first-order valence-electron chi connectivity index (χ1n) is 12.9. The summed E-state index contributed by atoms with van der Waals surface area (Å²) in [6, 6.07) is 19.3. The second kappa shape index (κ2) is 13.4. The molecule has 9 heteroatoms. The van der Waals surface area contributed by atoms with Crippen LogP contribution in [0.2, 0.25) is 0 Å². The maximum atomic E-state index is 14.0. The molecule has 3 aromatic rings. The van der Waals surface area contributed by atoms with Gasteiger partial charge in [0.05, 0.1) is 11.9 Å². The van der Waals surface area contributed by atoms with E-state index in [0.717, 1.165) is 27.3 Å². The SMILES string of the molecule is CCCNC(=O)[C@H](Cc1ccccc1)N(Cc1ccc(F)cc1)C(=O)CN(c1ccc(C)c(C)c1)S(C)(=O)=O. The molecule has 0 aromatic heterocycles. The van der Waals surface area contributed by atoms with Crippen LogP contribution in [0.5, 0.6) is 0 Å². The van der Waals surface area contributed by atoms with E-state index in [9.17, 15) is 22.4 Å². The number of sulfonamides is 1. The molecule has 39 heavy (non-hydrogen) atoms. The molecule has 3 aromatic carbocycles. The Bertz CT molecular complexity index is 1380. The van der Waals surface area contributed by atoms with Crippen molar-refractivity contribution < 1.29 is 22.4 Å². The second-order valence-electron chi connectivity index (χ2n) is 9.68. The van der Waals surface area contributed by atoms with Crippen molar-refractivity contribution in [2.75, 3.05) is 23.7 Å². The van der Waals surface area contributed by atoms with Gasteiger partial charge in [-0.05, 0) is 66.8 Å². The number of hydrogen-bond donors (Lipinski definition) is 1. The van der Waals surface area contributed by atoms with Crippen molar-refractivity contribution >= 4 is 27.5 Å². The molecule has 0 unspecified atom stereocenters. The summed E-state index contributed by atoms with van der Waals surface area (Å²) in [5, 5.41) is 2.89. The van der Waals surface area contributed by atoms with Crippen molar-refractivity contribution in [2.45, 2.75) is 46.2 Å². The average molecular weight is 554 g/mol. The normalized spacial score (nSPS) is 12.0. The van der Waals surface area contributed by atoms with Crippen molar-refractivity contribution in [3.63, 3.8) is 0 Å². The molecule has 3 rings (SSSR count).